The fraction of sp³-hybridized carbons (Fsp3) is 0.550. The molecule has 0 aliphatic carbocycles. The Kier molecular flexibility index (Phi) is 7.87. The Balaban J connectivity index is 1.71. The van der Waals surface area contributed by atoms with Gasteiger partial charge in [-0.1, -0.05) is 5.92 Å². The van der Waals surface area contributed by atoms with E-state index in [9.17, 15) is 19.6 Å². The first-order chi connectivity index (χ1) is 15.6. The molecule has 2 fully saturated rings. The summed E-state index contributed by atoms with van der Waals surface area (Å²) in [6.45, 7) is 3.91. The zero-order valence-corrected chi connectivity index (χ0v) is 19.3. The SMILES string of the molecule is CC#CN(C(=O)NC(C)=N)[C@@H]1O[C@](C)(COP2(=O)OCCC(c3ccncc3)O2)[C@@H](O)[C@H]1O. The standard InChI is InChI=1S/C20H27N4O8P/c1-4-10-24(19(27)23-13(2)21)18-16(25)17(26)20(3,31-18)12-30-33(28)29-11-7-15(32-33)14-5-8-22-9-6-14/h5-6,8-9,15-18,25-26H,7,11-12H2,1-3H3,(H2,21,23,27)/t15?,16-,17+,18-,20-,33?/m1/s1. The van der Waals surface area contributed by atoms with E-state index < -0.39 is 50.6 Å². The number of phosphoric ester groups is 1. The molecule has 2 unspecified atom stereocenters. The van der Waals surface area contributed by atoms with Crippen LogP contribution in [-0.4, -0.2) is 69.2 Å². The molecule has 0 saturated carbocycles. The van der Waals surface area contributed by atoms with Crippen LogP contribution in [0.2, 0.25) is 0 Å². The maximum absolute atomic E-state index is 13.0. The number of nitrogens with one attached hydrogen (secondary N) is 2. The van der Waals surface area contributed by atoms with Crippen molar-refractivity contribution in [3.05, 3.63) is 30.1 Å². The zero-order valence-electron chi connectivity index (χ0n) is 18.4. The minimum Gasteiger partial charge on any atom is -0.387 e. The smallest absolute Gasteiger partial charge is 0.387 e. The summed E-state index contributed by atoms with van der Waals surface area (Å²) in [5, 5.41) is 30.9. The largest absolute Gasteiger partial charge is 0.475 e. The molecular weight excluding hydrogens is 455 g/mol. The molecule has 1 aromatic heterocycles. The van der Waals surface area contributed by atoms with Gasteiger partial charge in [-0.2, -0.15) is 0 Å². The van der Waals surface area contributed by atoms with Gasteiger partial charge in [-0.25, -0.2) is 14.3 Å². The number of ether oxygens (including phenoxy) is 1. The number of hydrogen-bond donors (Lipinski definition) is 4. The van der Waals surface area contributed by atoms with Crippen LogP contribution in [0.5, 0.6) is 0 Å². The Hall–Kier alpha value is -2.36. The first kappa shape index (κ1) is 25.3. The molecular formula is C20H27N4O8P. The number of carbonyl (C=O) groups excluding carboxylic acids is 1. The molecule has 2 aliphatic heterocycles. The number of pyridine rings is 1. The third kappa shape index (κ3) is 5.77. The summed E-state index contributed by atoms with van der Waals surface area (Å²) in [7, 11) is -4.01. The maximum atomic E-state index is 13.0. The van der Waals surface area contributed by atoms with Gasteiger partial charge in [0.05, 0.1) is 25.2 Å². The summed E-state index contributed by atoms with van der Waals surface area (Å²) >= 11 is 0. The van der Waals surface area contributed by atoms with Gasteiger partial charge in [0.1, 0.15) is 17.8 Å². The van der Waals surface area contributed by atoms with Crippen molar-refractivity contribution in [1.82, 2.24) is 15.2 Å². The Morgan fingerprint density at radius 3 is 2.79 bits per heavy atom. The maximum Gasteiger partial charge on any atom is 0.475 e. The van der Waals surface area contributed by atoms with Crippen molar-refractivity contribution in [2.75, 3.05) is 13.2 Å². The molecule has 6 atom stereocenters. The van der Waals surface area contributed by atoms with Crippen LogP contribution < -0.4 is 5.32 Å². The molecule has 1 aromatic rings. The number of hydrogen-bond acceptors (Lipinski definition) is 10. The summed E-state index contributed by atoms with van der Waals surface area (Å²) in [5.74, 6) is 2.38. The summed E-state index contributed by atoms with van der Waals surface area (Å²) < 4.78 is 35.1. The lowest BCUT2D eigenvalue weighted by Crippen LogP contribution is -2.49. The molecule has 3 rings (SSSR count). The third-order valence-electron chi connectivity index (χ3n) is 5.10. The first-order valence-corrected chi connectivity index (χ1v) is 11.6. The van der Waals surface area contributed by atoms with Gasteiger partial charge in [-0.15, -0.1) is 0 Å². The molecule has 33 heavy (non-hydrogen) atoms. The minimum atomic E-state index is -4.01. The number of carbonyl (C=O) groups is 1. The predicted molar refractivity (Wildman–Crippen MR) is 115 cm³/mol. The van der Waals surface area contributed by atoms with E-state index in [2.05, 4.69) is 22.3 Å². The molecule has 0 bridgehead atoms. The molecule has 0 aromatic carbocycles. The van der Waals surface area contributed by atoms with Gasteiger partial charge < -0.3 is 14.9 Å². The Labute approximate surface area is 191 Å². The van der Waals surface area contributed by atoms with Crippen molar-refractivity contribution in [2.24, 2.45) is 0 Å². The highest BCUT2D eigenvalue weighted by Gasteiger charge is 2.55. The first-order valence-electron chi connectivity index (χ1n) is 10.2. The Bertz CT molecular complexity index is 983. The van der Waals surface area contributed by atoms with Crippen molar-refractivity contribution in [2.45, 2.75) is 57.3 Å². The summed E-state index contributed by atoms with van der Waals surface area (Å²) in [6, 6.07) is 5.14. The van der Waals surface area contributed by atoms with E-state index in [-0.39, 0.29) is 12.4 Å². The average molecular weight is 482 g/mol. The molecule has 3 heterocycles. The highest BCUT2D eigenvalue weighted by Crippen LogP contribution is 2.57. The number of aromatic nitrogens is 1. The van der Waals surface area contributed by atoms with E-state index in [1.807, 2.05) is 0 Å². The molecule has 2 amide bonds. The monoisotopic (exact) mass is 482 g/mol. The highest BCUT2D eigenvalue weighted by atomic mass is 31.2. The van der Waals surface area contributed by atoms with Crippen molar-refractivity contribution in [3.8, 4) is 12.0 Å². The number of nitrogens with zero attached hydrogens (tertiary/aromatic N) is 2. The van der Waals surface area contributed by atoms with Gasteiger partial charge in [0.25, 0.3) is 0 Å². The second-order valence-corrected chi connectivity index (χ2v) is 9.38. The molecule has 13 heteroatoms. The predicted octanol–water partition coefficient (Wildman–Crippen LogP) is 1.51. The zero-order chi connectivity index (χ0) is 24.2. The molecule has 180 valence electrons. The third-order valence-corrected chi connectivity index (χ3v) is 6.56. The van der Waals surface area contributed by atoms with Gasteiger partial charge in [0.2, 0.25) is 0 Å². The second kappa shape index (κ2) is 10.3. The van der Waals surface area contributed by atoms with Crippen molar-refractivity contribution in [1.29, 1.82) is 5.41 Å². The highest BCUT2D eigenvalue weighted by molar-refractivity contribution is 7.48. The fourth-order valence-corrected chi connectivity index (χ4v) is 4.90. The van der Waals surface area contributed by atoms with Gasteiger partial charge in [-0.05, 0) is 38.5 Å². The van der Waals surface area contributed by atoms with Crippen LogP contribution >= 0.6 is 7.82 Å². The fourth-order valence-electron chi connectivity index (χ4n) is 3.42. The quantitative estimate of drug-likeness (QED) is 0.160. The molecule has 0 radical (unpaired) electrons. The van der Waals surface area contributed by atoms with E-state index in [0.717, 1.165) is 10.5 Å². The number of aliphatic hydroxyl groups excluding tert-OH is 2. The lowest BCUT2D eigenvalue weighted by Gasteiger charge is -2.33. The number of amidine groups is 1. The van der Waals surface area contributed by atoms with E-state index in [1.54, 1.807) is 24.5 Å². The number of rotatable bonds is 5. The van der Waals surface area contributed by atoms with Crippen LogP contribution in [0.1, 0.15) is 38.9 Å². The van der Waals surface area contributed by atoms with Crippen molar-refractivity contribution in [3.63, 3.8) is 0 Å². The van der Waals surface area contributed by atoms with Crippen LogP contribution in [0.15, 0.2) is 24.5 Å². The van der Waals surface area contributed by atoms with Crippen molar-refractivity contribution < 1.29 is 37.9 Å². The van der Waals surface area contributed by atoms with E-state index in [4.69, 9.17) is 23.7 Å². The van der Waals surface area contributed by atoms with Gasteiger partial charge >= 0.3 is 13.9 Å². The molecule has 2 saturated heterocycles. The van der Waals surface area contributed by atoms with Gasteiger partial charge in [0.15, 0.2) is 6.23 Å². The average Bonchev–Trinajstić information content (AvgIpc) is 3.01. The molecule has 2 aliphatic rings. The van der Waals surface area contributed by atoms with Crippen LogP contribution in [0.4, 0.5) is 4.79 Å². The topological polar surface area (TPSA) is 164 Å². The Morgan fingerprint density at radius 2 is 2.15 bits per heavy atom. The Morgan fingerprint density at radius 1 is 1.45 bits per heavy atom. The van der Waals surface area contributed by atoms with E-state index >= 15 is 0 Å². The minimum absolute atomic E-state index is 0.124. The summed E-state index contributed by atoms with van der Waals surface area (Å²) in [5.41, 5.74) is -0.817. The van der Waals surface area contributed by atoms with Crippen LogP contribution in [-0.2, 0) is 22.9 Å². The molecule has 0 spiro atoms. The molecule has 4 N–H and O–H groups in total. The number of phosphoric acid groups is 1. The lowest BCUT2D eigenvalue weighted by molar-refractivity contribution is -0.121. The van der Waals surface area contributed by atoms with Gasteiger partial charge in [0, 0.05) is 24.9 Å². The van der Waals surface area contributed by atoms with Crippen LogP contribution in [0.3, 0.4) is 0 Å². The van der Waals surface area contributed by atoms with Gasteiger partial charge in [-0.3, -0.25) is 29.3 Å². The normalized spacial score (nSPS) is 33.6. The van der Waals surface area contributed by atoms with Crippen LogP contribution in [0, 0.1) is 17.4 Å². The second-order valence-electron chi connectivity index (χ2n) is 7.76. The van der Waals surface area contributed by atoms with Crippen molar-refractivity contribution >= 4 is 19.7 Å². The molecule has 12 nitrogen and oxygen atoms in total. The number of amides is 2. The summed E-state index contributed by atoms with van der Waals surface area (Å²) in [6.07, 6.45) is -1.35. The van der Waals surface area contributed by atoms with E-state index in [0.29, 0.717) is 6.42 Å². The van der Waals surface area contributed by atoms with Crippen LogP contribution in [0.25, 0.3) is 0 Å². The lowest BCUT2D eigenvalue weighted by atomic mass is 9.98. The number of urea groups is 1. The number of aliphatic hydroxyl groups is 2. The van der Waals surface area contributed by atoms with E-state index in [1.165, 1.54) is 20.8 Å². The summed E-state index contributed by atoms with van der Waals surface area (Å²) in [4.78, 5) is 17.2.